The minimum absolute atomic E-state index is 0.299. The van der Waals surface area contributed by atoms with Crippen LogP contribution in [0.2, 0.25) is 5.02 Å². The molecular weight excluding hydrogens is 360 g/mol. The summed E-state index contributed by atoms with van der Waals surface area (Å²) in [5.41, 5.74) is 1.30. The normalized spacial score (nSPS) is 10.0. The maximum absolute atomic E-state index is 12.2. The third-order valence-corrected chi connectivity index (χ3v) is 3.67. The van der Waals surface area contributed by atoms with Gasteiger partial charge in [0, 0.05) is 11.8 Å². The van der Waals surface area contributed by atoms with Crippen molar-refractivity contribution >= 4 is 35.0 Å². The highest BCUT2D eigenvalue weighted by atomic mass is 35.5. The first-order chi connectivity index (χ1) is 12.5. The lowest BCUT2D eigenvalue weighted by atomic mass is 10.2. The van der Waals surface area contributed by atoms with Crippen LogP contribution in [0.4, 0.5) is 16.2 Å². The zero-order valence-electron chi connectivity index (χ0n) is 14.6. The van der Waals surface area contributed by atoms with E-state index >= 15 is 0 Å². The first-order valence-electron chi connectivity index (χ1n) is 7.75. The average Bonchev–Trinajstić information content (AvgIpc) is 2.62. The Morgan fingerprint density at radius 1 is 1.00 bits per heavy atom. The van der Waals surface area contributed by atoms with Gasteiger partial charge in [0.15, 0.2) is 0 Å². The molecule has 8 heteroatoms. The van der Waals surface area contributed by atoms with Crippen molar-refractivity contribution < 1.29 is 23.8 Å². The fourth-order valence-corrected chi connectivity index (χ4v) is 2.39. The molecule has 2 aromatic carbocycles. The van der Waals surface area contributed by atoms with Crippen LogP contribution in [-0.2, 0) is 4.74 Å². The fraction of sp³-hybridized carbons (Fsp3) is 0.222. The van der Waals surface area contributed by atoms with Gasteiger partial charge in [-0.25, -0.2) is 9.59 Å². The summed E-state index contributed by atoms with van der Waals surface area (Å²) in [6, 6.07) is 8.95. The van der Waals surface area contributed by atoms with Crippen LogP contribution in [0.1, 0.15) is 17.3 Å². The van der Waals surface area contributed by atoms with E-state index in [4.69, 9.17) is 25.8 Å². The zero-order valence-corrected chi connectivity index (χ0v) is 15.3. The first kappa shape index (κ1) is 19.4. The van der Waals surface area contributed by atoms with Gasteiger partial charge in [-0.15, -0.1) is 0 Å². The molecule has 2 aromatic rings. The Balaban J connectivity index is 2.07. The number of hydrogen-bond donors (Lipinski definition) is 2. The van der Waals surface area contributed by atoms with E-state index in [1.807, 2.05) is 0 Å². The van der Waals surface area contributed by atoms with E-state index in [2.05, 4.69) is 10.6 Å². The van der Waals surface area contributed by atoms with Crippen LogP contribution < -0.4 is 20.1 Å². The lowest BCUT2D eigenvalue weighted by Gasteiger charge is -2.13. The van der Waals surface area contributed by atoms with E-state index in [-0.39, 0.29) is 0 Å². The van der Waals surface area contributed by atoms with Crippen LogP contribution >= 0.6 is 11.6 Å². The Morgan fingerprint density at radius 3 is 2.23 bits per heavy atom. The molecule has 0 unspecified atom stereocenters. The topological polar surface area (TPSA) is 85.9 Å². The van der Waals surface area contributed by atoms with Gasteiger partial charge in [0.1, 0.15) is 11.5 Å². The number of carbonyl (C=O) groups excluding carboxylic acids is 2. The molecule has 26 heavy (non-hydrogen) atoms. The summed E-state index contributed by atoms with van der Waals surface area (Å²) in [5.74, 6) is 0.421. The van der Waals surface area contributed by atoms with Gasteiger partial charge in [-0.2, -0.15) is 0 Å². The highest BCUT2D eigenvalue weighted by Gasteiger charge is 2.13. The van der Waals surface area contributed by atoms with E-state index in [9.17, 15) is 9.59 Å². The average molecular weight is 379 g/mol. The lowest BCUT2D eigenvalue weighted by molar-refractivity contribution is 0.0526. The van der Waals surface area contributed by atoms with Crippen molar-refractivity contribution in [1.29, 1.82) is 0 Å². The van der Waals surface area contributed by atoms with Crippen LogP contribution in [0.5, 0.6) is 11.5 Å². The Labute approximate surface area is 156 Å². The molecule has 0 fully saturated rings. The molecule has 0 aliphatic heterocycles. The van der Waals surface area contributed by atoms with Crippen LogP contribution in [0.25, 0.3) is 0 Å². The van der Waals surface area contributed by atoms with Gasteiger partial charge in [-0.1, -0.05) is 11.6 Å². The molecule has 0 aliphatic rings. The standard InChI is InChI=1S/C18H19ClN2O5/c1-4-26-17(22)11-5-7-12(8-6-11)20-18(23)21-14-9-13(19)15(24-2)10-16(14)25-3/h5-10H,4H2,1-3H3,(H2,20,21,23). The lowest BCUT2D eigenvalue weighted by Crippen LogP contribution is -2.20. The number of methoxy groups -OCH3 is 2. The summed E-state index contributed by atoms with van der Waals surface area (Å²) in [4.78, 5) is 23.8. The SMILES string of the molecule is CCOC(=O)c1ccc(NC(=O)Nc2cc(Cl)c(OC)cc2OC)cc1. The zero-order chi connectivity index (χ0) is 19.1. The van der Waals surface area contributed by atoms with E-state index in [0.29, 0.717) is 40.1 Å². The minimum atomic E-state index is -0.492. The fourth-order valence-electron chi connectivity index (χ4n) is 2.15. The second-order valence-corrected chi connectivity index (χ2v) is 5.47. The van der Waals surface area contributed by atoms with Crippen molar-refractivity contribution in [1.82, 2.24) is 0 Å². The largest absolute Gasteiger partial charge is 0.495 e. The number of ether oxygens (including phenoxy) is 3. The number of nitrogens with one attached hydrogen (secondary N) is 2. The molecule has 0 atom stereocenters. The molecule has 0 aromatic heterocycles. The number of rotatable bonds is 6. The van der Waals surface area contributed by atoms with Gasteiger partial charge in [0.2, 0.25) is 0 Å². The number of amides is 2. The molecule has 0 heterocycles. The van der Waals surface area contributed by atoms with Crippen LogP contribution in [0.15, 0.2) is 36.4 Å². The van der Waals surface area contributed by atoms with Crippen LogP contribution in [0.3, 0.4) is 0 Å². The van der Waals surface area contributed by atoms with Gasteiger partial charge in [0.05, 0.1) is 37.1 Å². The summed E-state index contributed by atoms with van der Waals surface area (Å²) in [6.45, 7) is 2.03. The Hall–Kier alpha value is -2.93. The third-order valence-electron chi connectivity index (χ3n) is 3.38. The molecule has 2 N–H and O–H groups in total. The molecule has 0 spiro atoms. The quantitative estimate of drug-likeness (QED) is 0.736. The summed E-state index contributed by atoms with van der Waals surface area (Å²) in [7, 11) is 2.96. The van der Waals surface area contributed by atoms with Crippen molar-refractivity contribution in [2.24, 2.45) is 0 Å². The summed E-state index contributed by atoms with van der Waals surface area (Å²) in [6.07, 6.45) is 0. The smallest absolute Gasteiger partial charge is 0.338 e. The second-order valence-electron chi connectivity index (χ2n) is 5.06. The van der Waals surface area contributed by atoms with Gasteiger partial charge in [0.25, 0.3) is 0 Å². The predicted octanol–water partition coefficient (Wildman–Crippen LogP) is 4.18. The number of hydrogen-bond acceptors (Lipinski definition) is 5. The van der Waals surface area contributed by atoms with E-state index in [1.54, 1.807) is 37.3 Å². The van der Waals surface area contributed by atoms with Crippen molar-refractivity contribution in [3.8, 4) is 11.5 Å². The van der Waals surface area contributed by atoms with E-state index < -0.39 is 12.0 Å². The van der Waals surface area contributed by atoms with Crippen molar-refractivity contribution in [3.63, 3.8) is 0 Å². The molecule has 0 bridgehead atoms. The molecule has 138 valence electrons. The molecule has 0 radical (unpaired) electrons. The van der Waals surface area contributed by atoms with Crippen LogP contribution in [-0.4, -0.2) is 32.8 Å². The second kappa shape index (κ2) is 8.96. The molecule has 2 amide bonds. The van der Waals surface area contributed by atoms with E-state index in [0.717, 1.165) is 0 Å². The molecular formula is C18H19ClN2O5. The number of urea groups is 1. The first-order valence-corrected chi connectivity index (χ1v) is 8.13. The van der Waals surface area contributed by atoms with E-state index in [1.165, 1.54) is 20.3 Å². The van der Waals surface area contributed by atoms with Crippen molar-refractivity contribution in [2.45, 2.75) is 6.92 Å². The van der Waals surface area contributed by atoms with Gasteiger partial charge in [-0.3, -0.25) is 0 Å². The molecule has 0 saturated carbocycles. The van der Waals surface area contributed by atoms with Crippen molar-refractivity contribution in [3.05, 3.63) is 47.0 Å². The summed E-state index contributed by atoms with van der Waals surface area (Å²) < 4.78 is 15.2. The molecule has 0 aliphatic carbocycles. The number of carbonyl (C=O) groups is 2. The maximum atomic E-state index is 12.2. The van der Waals surface area contributed by atoms with Gasteiger partial charge < -0.3 is 24.8 Å². The number of halogens is 1. The minimum Gasteiger partial charge on any atom is -0.495 e. The monoisotopic (exact) mass is 378 g/mol. The molecule has 2 rings (SSSR count). The summed E-state index contributed by atoms with van der Waals surface area (Å²) >= 11 is 6.08. The Bertz CT molecular complexity index is 793. The molecule has 7 nitrogen and oxygen atoms in total. The number of esters is 1. The van der Waals surface area contributed by atoms with Gasteiger partial charge >= 0.3 is 12.0 Å². The maximum Gasteiger partial charge on any atom is 0.338 e. The highest BCUT2D eigenvalue weighted by Crippen LogP contribution is 2.35. The molecule has 0 saturated heterocycles. The van der Waals surface area contributed by atoms with Gasteiger partial charge in [-0.05, 0) is 37.3 Å². The van der Waals surface area contributed by atoms with Crippen LogP contribution in [0, 0.1) is 0 Å². The highest BCUT2D eigenvalue weighted by molar-refractivity contribution is 6.32. The Morgan fingerprint density at radius 2 is 1.65 bits per heavy atom. The predicted molar refractivity (Wildman–Crippen MR) is 99.6 cm³/mol. The van der Waals surface area contributed by atoms with Crippen molar-refractivity contribution in [2.75, 3.05) is 31.5 Å². The third kappa shape index (κ3) is 4.80. The number of benzene rings is 2. The summed E-state index contributed by atoms with van der Waals surface area (Å²) in [5, 5.41) is 5.64. The number of anilines is 2. The Kier molecular flexibility index (Phi) is 6.68.